The first-order chi connectivity index (χ1) is 13.8. The molecule has 4 unspecified atom stereocenters. The van der Waals surface area contributed by atoms with Crippen molar-refractivity contribution in [2.75, 3.05) is 33.3 Å². The zero-order valence-corrected chi connectivity index (χ0v) is 19.9. The summed E-state index contributed by atoms with van der Waals surface area (Å²) in [6, 6.07) is 8.99. The molecular weight excluding hydrogens is 479 g/mol. The number of benzene rings is 1. The van der Waals surface area contributed by atoms with Crippen LogP contribution in [0, 0.1) is 0 Å². The fourth-order valence-corrected chi connectivity index (χ4v) is 4.87. The van der Waals surface area contributed by atoms with Gasteiger partial charge in [-0.15, -0.1) is 24.0 Å². The predicted octanol–water partition coefficient (Wildman–Crippen LogP) is 3.33. The largest absolute Gasteiger partial charge is 0.496 e. The van der Waals surface area contributed by atoms with E-state index >= 15 is 0 Å². The third-order valence-electron chi connectivity index (χ3n) is 6.27. The van der Waals surface area contributed by atoms with Crippen LogP contribution in [0.3, 0.4) is 0 Å². The molecule has 2 bridgehead atoms. The molecule has 4 atom stereocenters. The second kappa shape index (κ2) is 10.8. The van der Waals surface area contributed by atoms with Gasteiger partial charge in [0.15, 0.2) is 5.96 Å². The summed E-state index contributed by atoms with van der Waals surface area (Å²) < 4.78 is 11.7. The van der Waals surface area contributed by atoms with Gasteiger partial charge in [0.05, 0.1) is 37.9 Å². The molecule has 0 radical (unpaired) electrons. The first kappa shape index (κ1) is 22.6. The Morgan fingerprint density at radius 3 is 2.72 bits per heavy atom. The van der Waals surface area contributed by atoms with Crippen molar-refractivity contribution in [1.82, 2.24) is 15.5 Å². The van der Waals surface area contributed by atoms with Crippen LogP contribution in [-0.2, 0) is 4.74 Å². The molecule has 6 nitrogen and oxygen atoms in total. The lowest BCUT2D eigenvalue weighted by molar-refractivity contribution is 0.0992. The van der Waals surface area contributed by atoms with E-state index in [0.717, 1.165) is 44.3 Å². The highest BCUT2D eigenvalue weighted by Crippen LogP contribution is 2.34. The molecule has 3 aliphatic rings. The summed E-state index contributed by atoms with van der Waals surface area (Å²) in [4.78, 5) is 7.55. The van der Waals surface area contributed by atoms with E-state index in [2.05, 4.69) is 40.7 Å². The quantitative estimate of drug-likeness (QED) is 0.332. The summed E-state index contributed by atoms with van der Waals surface area (Å²) in [6.45, 7) is 5.95. The summed E-state index contributed by atoms with van der Waals surface area (Å²) in [5, 5.41) is 7.07. The van der Waals surface area contributed by atoms with E-state index < -0.39 is 0 Å². The topological polar surface area (TPSA) is 58.1 Å². The summed E-state index contributed by atoms with van der Waals surface area (Å²) in [5.41, 5.74) is 1.23. The van der Waals surface area contributed by atoms with Gasteiger partial charge in [-0.25, -0.2) is 0 Å². The van der Waals surface area contributed by atoms with Crippen LogP contribution in [0.15, 0.2) is 29.3 Å². The third kappa shape index (κ3) is 5.35. The van der Waals surface area contributed by atoms with E-state index in [0.29, 0.717) is 18.2 Å². The molecule has 0 saturated carbocycles. The molecular formula is C22H35IN4O2. The van der Waals surface area contributed by atoms with Gasteiger partial charge in [0.2, 0.25) is 0 Å². The standard InChI is InChI=1S/C22H34N4O2.HI/c1-3-23-22(25-18-14-16-10-11-21(18)28-16)24-15-19(26-12-6-7-13-26)17-8-4-5-9-20(17)27-2;/h4-5,8-9,16,18-19,21H,3,6-7,10-15H2,1-2H3,(H2,23,24,25);1H. The number of nitrogens with one attached hydrogen (secondary N) is 2. The lowest BCUT2D eigenvalue weighted by Crippen LogP contribution is -2.47. The first-order valence-electron chi connectivity index (χ1n) is 10.9. The molecule has 7 heteroatoms. The number of hydrogen-bond donors (Lipinski definition) is 2. The molecule has 0 aromatic heterocycles. The van der Waals surface area contributed by atoms with E-state index in [1.165, 1.54) is 31.2 Å². The lowest BCUT2D eigenvalue weighted by atomic mass is 9.96. The zero-order valence-electron chi connectivity index (χ0n) is 17.6. The Kier molecular flexibility index (Phi) is 8.44. The fraction of sp³-hybridized carbons (Fsp3) is 0.682. The average molecular weight is 514 g/mol. The van der Waals surface area contributed by atoms with Gasteiger partial charge in [-0.1, -0.05) is 18.2 Å². The number of hydrogen-bond acceptors (Lipinski definition) is 4. The Hall–Kier alpha value is -1.06. The normalized spacial score (nSPS) is 27.5. The highest BCUT2D eigenvalue weighted by atomic mass is 127. The SMILES string of the molecule is CCNC(=NCC(c1ccccc1OC)N1CCCC1)NC1CC2CCC1O2.I. The van der Waals surface area contributed by atoms with Gasteiger partial charge < -0.3 is 20.1 Å². The van der Waals surface area contributed by atoms with Crippen LogP contribution in [0.5, 0.6) is 5.75 Å². The van der Waals surface area contributed by atoms with Gasteiger partial charge in [-0.3, -0.25) is 9.89 Å². The number of rotatable bonds is 7. The van der Waals surface area contributed by atoms with Crippen molar-refractivity contribution in [3.63, 3.8) is 0 Å². The van der Waals surface area contributed by atoms with E-state index in [9.17, 15) is 0 Å². The van der Waals surface area contributed by atoms with Crippen molar-refractivity contribution in [3.05, 3.63) is 29.8 Å². The van der Waals surface area contributed by atoms with Gasteiger partial charge >= 0.3 is 0 Å². The summed E-state index contributed by atoms with van der Waals surface area (Å²) in [5.74, 6) is 1.86. The molecule has 162 valence electrons. The maximum atomic E-state index is 6.00. The monoisotopic (exact) mass is 514 g/mol. The summed E-state index contributed by atoms with van der Waals surface area (Å²) in [7, 11) is 1.75. The predicted molar refractivity (Wildman–Crippen MR) is 127 cm³/mol. The molecule has 1 aromatic carbocycles. The number of fused-ring (bicyclic) bond motifs is 2. The molecule has 2 N–H and O–H groups in total. The van der Waals surface area contributed by atoms with Crippen molar-refractivity contribution < 1.29 is 9.47 Å². The minimum atomic E-state index is 0. The molecule has 4 rings (SSSR count). The van der Waals surface area contributed by atoms with Gasteiger partial charge in [0.25, 0.3) is 0 Å². The smallest absolute Gasteiger partial charge is 0.191 e. The zero-order chi connectivity index (χ0) is 19.3. The van der Waals surface area contributed by atoms with E-state index in [4.69, 9.17) is 14.5 Å². The van der Waals surface area contributed by atoms with Crippen LogP contribution < -0.4 is 15.4 Å². The second-order valence-corrected chi connectivity index (χ2v) is 8.08. The van der Waals surface area contributed by atoms with E-state index in [1.54, 1.807) is 7.11 Å². The van der Waals surface area contributed by atoms with Crippen molar-refractivity contribution in [3.8, 4) is 5.75 Å². The maximum absolute atomic E-state index is 6.00. The molecule has 0 amide bonds. The van der Waals surface area contributed by atoms with Gasteiger partial charge in [0.1, 0.15) is 5.75 Å². The van der Waals surface area contributed by atoms with Crippen LogP contribution in [0.25, 0.3) is 0 Å². The molecule has 3 heterocycles. The van der Waals surface area contributed by atoms with Gasteiger partial charge in [-0.05, 0) is 58.2 Å². The Morgan fingerprint density at radius 1 is 1.28 bits per heavy atom. The van der Waals surface area contributed by atoms with Crippen LogP contribution in [0.2, 0.25) is 0 Å². The lowest BCUT2D eigenvalue weighted by Gasteiger charge is -2.28. The van der Waals surface area contributed by atoms with Crippen molar-refractivity contribution >= 4 is 29.9 Å². The molecule has 0 aliphatic carbocycles. The summed E-state index contributed by atoms with van der Waals surface area (Å²) in [6.07, 6.45) is 6.78. The van der Waals surface area contributed by atoms with Gasteiger partial charge in [0, 0.05) is 12.1 Å². The number of guanidine groups is 1. The van der Waals surface area contributed by atoms with E-state index in [-0.39, 0.29) is 30.0 Å². The first-order valence-corrected chi connectivity index (χ1v) is 10.9. The fourth-order valence-electron chi connectivity index (χ4n) is 4.87. The molecule has 1 aromatic rings. The highest BCUT2D eigenvalue weighted by Gasteiger charge is 2.41. The number of nitrogens with zero attached hydrogens (tertiary/aromatic N) is 2. The molecule has 3 saturated heterocycles. The second-order valence-electron chi connectivity index (χ2n) is 8.08. The van der Waals surface area contributed by atoms with Gasteiger partial charge in [-0.2, -0.15) is 0 Å². The molecule has 3 fully saturated rings. The Morgan fingerprint density at radius 2 is 2.07 bits per heavy atom. The number of likely N-dealkylation sites (tertiary alicyclic amines) is 1. The van der Waals surface area contributed by atoms with Crippen molar-refractivity contribution in [1.29, 1.82) is 0 Å². The van der Waals surface area contributed by atoms with Crippen molar-refractivity contribution in [2.45, 2.75) is 63.3 Å². The maximum Gasteiger partial charge on any atom is 0.191 e. The number of aliphatic imine (C=N–C) groups is 1. The number of halogens is 1. The van der Waals surface area contributed by atoms with Crippen molar-refractivity contribution in [2.24, 2.45) is 4.99 Å². The van der Waals surface area contributed by atoms with Crippen LogP contribution in [-0.4, -0.2) is 62.4 Å². The van der Waals surface area contributed by atoms with Crippen LogP contribution in [0.4, 0.5) is 0 Å². The Balaban J connectivity index is 0.00000240. The van der Waals surface area contributed by atoms with Crippen LogP contribution >= 0.6 is 24.0 Å². The number of methoxy groups -OCH3 is 1. The minimum Gasteiger partial charge on any atom is -0.496 e. The highest BCUT2D eigenvalue weighted by molar-refractivity contribution is 14.0. The number of ether oxygens (including phenoxy) is 2. The molecule has 3 aliphatic heterocycles. The van der Waals surface area contributed by atoms with Crippen LogP contribution in [0.1, 0.15) is 50.6 Å². The third-order valence-corrected chi connectivity index (χ3v) is 6.27. The average Bonchev–Trinajstić information content (AvgIpc) is 3.47. The van der Waals surface area contributed by atoms with E-state index in [1.807, 2.05) is 6.07 Å². The Labute approximate surface area is 191 Å². The Bertz CT molecular complexity index is 681. The molecule has 0 spiro atoms. The minimum absolute atomic E-state index is 0. The molecule has 29 heavy (non-hydrogen) atoms. The number of para-hydroxylation sites is 1. The summed E-state index contributed by atoms with van der Waals surface area (Å²) >= 11 is 0.